The number of hydrogen-bond acceptors (Lipinski definition) is 2. The van der Waals surface area contributed by atoms with Gasteiger partial charge in [-0.15, -0.1) is 0 Å². The van der Waals surface area contributed by atoms with Crippen molar-refractivity contribution in [2.75, 3.05) is 13.2 Å². The highest BCUT2D eigenvalue weighted by molar-refractivity contribution is 4.92. The predicted octanol–water partition coefficient (Wildman–Crippen LogP) is 3.52. The monoisotopic (exact) mass is 212 g/mol. The molecule has 0 bridgehead atoms. The lowest BCUT2D eigenvalue weighted by atomic mass is 9.97. The Morgan fingerprint density at radius 3 is 2.93 bits per heavy atom. The molecule has 15 heavy (non-hydrogen) atoms. The molecule has 0 aromatic carbocycles. The van der Waals surface area contributed by atoms with E-state index >= 15 is 0 Å². The van der Waals surface area contributed by atoms with Crippen molar-refractivity contribution < 1.29 is 9.47 Å². The average Bonchev–Trinajstić information content (AvgIpc) is 2.28. The molecule has 2 nitrogen and oxygen atoms in total. The van der Waals surface area contributed by atoms with Gasteiger partial charge in [-0.05, 0) is 32.6 Å². The normalized spacial score (nSPS) is 22.9. The van der Waals surface area contributed by atoms with Crippen molar-refractivity contribution in [2.45, 2.75) is 52.2 Å². The Morgan fingerprint density at radius 2 is 2.27 bits per heavy atom. The van der Waals surface area contributed by atoms with Gasteiger partial charge in [0.05, 0.1) is 6.61 Å². The average molecular weight is 212 g/mol. The van der Waals surface area contributed by atoms with Crippen molar-refractivity contribution in [1.82, 2.24) is 0 Å². The summed E-state index contributed by atoms with van der Waals surface area (Å²) in [6.45, 7) is 5.78. The maximum Gasteiger partial charge on any atom is 0.154 e. The summed E-state index contributed by atoms with van der Waals surface area (Å²) >= 11 is 0. The van der Waals surface area contributed by atoms with Gasteiger partial charge in [-0.2, -0.15) is 0 Å². The lowest BCUT2D eigenvalue weighted by Gasteiger charge is -2.19. The third-order valence-electron chi connectivity index (χ3n) is 2.75. The van der Waals surface area contributed by atoms with E-state index in [0.29, 0.717) is 5.92 Å². The zero-order chi connectivity index (χ0) is 10.9. The molecule has 0 heterocycles. The molecule has 0 amide bonds. The van der Waals surface area contributed by atoms with Gasteiger partial charge in [0.15, 0.2) is 6.29 Å². The molecule has 1 aliphatic carbocycles. The molecule has 0 N–H and O–H groups in total. The quantitative estimate of drug-likeness (QED) is 0.365. The molecular weight excluding hydrogens is 188 g/mol. The number of unbranched alkanes of at least 4 members (excludes halogenated alkanes) is 1. The summed E-state index contributed by atoms with van der Waals surface area (Å²) in [4.78, 5) is 0. The van der Waals surface area contributed by atoms with Gasteiger partial charge in [0.25, 0.3) is 0 Å². The summed E-state index contributed by atoms with van der Waals surface area (Å²) in [6, 6.07) is 0. The molecule has 2 heteroatoms. The van der Waals surface area contributed by atoms with E-state index in [1.54, 1.807) is 0 Å². The topological polar surface area (TPSA) is 18.5 Å². The van der Waals surface area contributed by atoms with Gasteiger partial charge in [-0.3, -0.25) is 0 Å². The second kappa shape index (κ2) is 7.89. The van der Waals surface area contributed by atoms with Gasteiger partial charge in [0.2, 0.25) is 0 Å². The van der Waals surface area contributed by atoms with Crippen LogP contribution < -0.4 is 0 Å². The summed E-state index contributed by atoms with van der Waals surface area (Å²) in [5, 5.41) is 0. The number of rotatable bonds is 7. The summed E-state index contributed by atoms with van der Waals surface area (Å²) in [6.07, 6.45) is 10.6. The zero-order valence-electron chi connectivity index (χ0n) is 10.1. The third kappa shape index (κ3) is 5.95. The number of ether oxygens (including phenoxy) is 2. The first-order valence-corrected chi connectivity index (χ1v) is 6.22. The highest BCUT2D eigenvalue weighted by atomic mass is 16.7. The largest absolute Gasteiger partial charge is 0.353 e. The smallest absolute Gasteiger partial charge is 0.154 e. The molecule has 1 rings (SSSR count). The fraction of sp³-hybridized carbons (Fsp3) is 0.846. The summed E-state index contributed by atoms with van der Waals surface area (Å²) in [5.74, 6) is 0.607. The van der Waals surface area contributed by atoms with E-state index in [2.05, 4.69) is 19.1 Å². The Hall–Kier alpha value is -0.340. The molecule has 0 saturated carbocycles. The molecule has 88 valence electrons. The van der Waals surface area contributed by atoms with Crippen LogP contribution in [0.4, 0.5) is 0 Å². The lowest BCUT2D eigenvalue weighted by molar-refractivity contribution is -0.136. The van der Waals surface area contributed by atoms with Crippen LogP contribution in [0.25, 0.3) is 0 Å². The molecule has 1 aliphatic rings. The van der Waals surface area contributed by atoms with E-state index in [-0.39, 0.29) is 6.29 Å². The van der Waals surface area contributed by atoms with Gasteiger partial charge < -0.3 is 9.47 Å². The summed E-state index contributed by atoms with van der Waals surface area (Å²) < 4.78 is 11.2. The van der Waals surface area contributed by atoms with Crippen LogP contribution in [0.3, 0.4) is 0 Å². The van der Waals surface area contributed by atoms with E-state index in [9.17, 15) is 0 Å². The molecule has 0 radical (unpaired) electrons. The van der Waals surface area contributed by atoms with Crippen molar-refractivity contribution in [2.24, 2.45) is 5.92 Å². The van der Waals surface area contributed by atoms with E-state index in [0.717, 1.165) is 19.6 Å². The van der Waals surface area contributed by atoms with Crippen molar-refractivity contribution in [1.29, 1.82) is 0 Å². The van der Waals surface area contributed by atoms with E-state index in [4.69, 9.17) is 9.47 Å². The molecule has 0 spiro atoms. The predicted molar refractivity (Wildman–Crippen MR) is 62.8 cm³/mol. The van der Waals surface area contributed by atoms with Crippen LogP contribution in [0.1, 0.15) is 46.0 Å². The summed E-state index contributed by atoms with van der Waals surface area (Å²) in [7, 11) is 0. The van der Waals surface area contributed by atoms with Gasteiger partial charge >= 0.3 is 0 Å². The minimum atomic E-state index is -0.0492. The van der Waals surface area contributed by atoms with Crippen LogP contribution in [-0.2, 0) is 9.47 Å². The maximum absolute atomic E-state index is 5.65. The SMILES string of the molecule is CCCCOC(C)OCC1C=CCCC1. The van der Waals surface area contributed by atoms with Gasteiger partial charge in [0, 0.05) is 12.5 Å². The number of hydrogen-bond donors (Lipinski definition) is 0. The minimum Gasteiger partial charge on any atom is -0.353 e. The van der Waals surface area contributed by atoms with Crippen molar-refractivity contribution in [3.63, 3.8) is 0 Å². The van der Waals surface area contributed by atoms with E-state index in [1.165, 1.54) is 25.7 Å². The molecule has 0 aliphatic heterocycles. The van der Waals surface area contributed by atoms with E-state index in [1.807, 2.05) is 6.92 Å². The molecular formula is C13H24O2. The highest BCUT2D eigenvalue weighted by Gasteiger charge is 2.10. The standard InChI is InChI=1S/C13H24O2/c1-3-4-10-14-12(2)15-11-13-8-6-5-7-9-13/h6,8,12-13H,3-5,7,9-11H2,1-2H3. The van der Waals surface area contributed by atoms with Crippen LogP contribution in [0.2, 0.25) is 0 Å². The first-order valence-electron chi connectivity index (χ1n) is 6.22. The molecule has 2 atom stereocenters. The molecule has 0 aromatic heterocycles. The maximum atomic E-state index is 5.65. The van der Waals surface area contributed by atoms with Crippen molar-refractivity contribution in [3.05, 3.63) is 12.2 Å². The van der Waals surface area contributed by atoms with Crippen molar-refractivity contribution in [3.8, 4) is 0 Å². The van der Waals surface area contributed by atoms with Crippen LogP contribution in [0.15, 0.2) is 12.2 Å². The first kappa shape index (κ1) is 12.7. The van der Waals surface area contributed by atoms with Crippen molar-refractivity contribution >= 4 is 0 Å². The zero-order valence-corrected chi connectivity index (χ0v) is 10.1. The first-order chi connectivity index (χ1) is 7.33. The van der Waals surface area contributed by atoms with Crippen LogP contribution in [-0.4, -0.2) is 19.5 Å². The second-order valence-corrected chi connectivity index (χ2v) is 4.24. The van der Waals surface area contributed by atoms with Crippen LogP contribution in [0, 0.1) is 5.92 Å². The Labute approximate surface area is 93.7 Å². The Kier molecular flexibility index (Phi) is 6.69. The van der Waals surface area contributed by atoms with E-state index < -0.39 is 0 Å². The third-order valence-corrected chi connectivity index (χ3v) is 2.75. The Morgan fingerprint density at radius 1 is 1.40 bits per heavy atom. The fourth-order valence-electron chi connectivity index (χ4n) is 1.72. The lowest BCUT2D eigenvalue weighted by Crippen LogP contribution is -2.19. The highest BCUT2D eigenvalue weighted by Crippen LogP contribution is 2.17. The van der Waals surface area contributed by atoms with Gasteiger partial charge in [-0.1, -0.05) is 25.5 Å². The second-order valence-electron chi connectivity index (χ2n) is 4.24. The molecule has 0 fully saturated rings. The Balaban J connectivity index is 2.02. The van der Waals surface area contributed by atoms with Gasteiger partial charge in [-0.25, -0.2) is 0 Å². The number of allylic oxidation sites excluding steroid dienone is 1. The minimum absolute atomic E-state index is 0.0492. The van der Waals surface area contributed by atoms with Gasteiger partial charge in [0.1, 0.15) is 0 Å². The fourth-order valence-corrected chi connectivity index (χ4v) is 1.72. The van der Waals surface area contributed by atoms with Crippen LogP contribution in [0.5, 0.6) is 0 Å². The Bertz CT molecular complexity index is 177. The molecule has 2 unspecified atom stereocenters. The molecule has 0 saturated heterocycles. The summed E-state index contributed by atoms with van der Waals surface area (Å²) in [5.41, 5.74) is 0. The molecule has 0 aromatic rings. The van der Waals surface area contributed by atoms with Crippen LogP contribution >= 0.6 is 0 Å².